The fraction of sp³-hybridized carbons (Fsp3) is 0.519. The normalized spacial score (nSPS) is 11.7. The van der Waals surface area contributed by atoms with Gasteiger partial charge in [-0.05, 0) is 150 Å². The number of ether oxygens (including phenoxy) is 8. The first-order chi connectivity index (χ1) is 60.6. The molecule has 0 saturated carbocycles. The van der Waals surface area contributed by atoms with Crippen LogP contribution < -0.4 is 59.2 Å². The van der Waals surface area contributed by atoms with E-state index in [0.29, 0.717) is 117 Å². The third kappa shape index (κ3) is 36.7. The molecule has 0 atom stereocenters. The molecule has 672 valence electrons. The molecule has 8 aromatic carbocycles. The van der Waals surface area contributed by atoms with Crippen LogP contribution in [0.15, 0.2) is 146 Å². The third-order valence-electron chi connectivity index (χ3n) is 23.4. The van der Waals surface area contributed by atoms with Crippen molar-refractivity contribution in [3.8, 4) is 46.0 Å². The van der Waals surface area contributed by atoms with Gasteiger partial charge in [0.05, 0.1) is 26.4 Å². The monoisotopic (exact) mass is 1690 g/mol. The summed E-state index contributed by atoms with van der Waals surface area (Å²) >= 11 is 0. The van der Waals surface area contributed by atoms with Crippen LogP contribution >= 0.6 is 0 Å². The Kier molecular flexibility index (Phi) is 44.8. The van der Waals surface area contributed by atoms with E-state index in [1.807, 2.05) is 173 Å². The molecule has 0 spiro atoms. The summed E-state index contributed by atoms with van der Waals surface area (Å²) in [6.07, 6.45) is 43.4. The average Bonchev–Trinajstić information content (AvgIpc) is 0.769. The van der Waals surface area contributed by atoms with Crippen molar-refractivity contribution in [1.82, 2.24) is 0 Å². The van der Waals surface area contributed by atoms with Crippen LogP contribution in [-0.2, 0) is 25.7 Å². The smallest absolute Gasteiger partial charge is 0.417 e. The molecule has 0 fully saturated rings. The minimum Gasteiger partial charge on any atom is -0.493 e. The van der Waals surface area contributed by atoms with E-state index in [0.717, 1.165) is 125 Å². The number of unbranched alkanes of at least 4 members (excludes halogenated alkanes) is 36. The molecule has 8 bridgehead atoms. The van der Waals surface area contributed by atoms with Crippen molar-refractivity contribution in [1.29, 1.82) is 0 Å². The first kappa shape index (κ1) is 97.8. The first-order valence-electron chi connectivity index (χ1n) is 48.0. The van der Waals surface area contributed by atoms with Gasteiger partial charge in [0, 0.05) is 92.9 Å². The summed E-state index contributed by atoms with van der Waals surface area (Å²) in [6.45, 7) is 18.5. The van der Waals surface area contributed by atoms with Crippen LogP contribution in [0.1, 0.15) is 351 Å². The van der Waals surface area contributed by atoms with Crippen LogP contribution in [0, 0.1) is 27.7 Å². The summed E-state index contributed by atoms with van der Waals surface area (Å²) in [7, 11) is 0. The van der Waals surface area contributed by atoms with Crippen LogP contribution in [0.3, 0.4) is 0 Å². The van der Waals surface area contributed by atoms with Gasteiger partial charge in [0.15, 0.2) is 0 Å². The lowest BCUT2D eigenvalue weighted by atomic mass is 9.90. The molecule has 0 unspecified atom stereocenters. The summed E-state index contributed by atoms with van der Waals surface area (Å²) in [4.78, 5) is 58.6. The molecule has 16 nitrogen and oxygen atoms in total. The Labute approximate surface area is 743 Å². The number of carbonyl (C=O) groups is 4. The van der Waals surface area contributed by atoms with Gasteiger partial charge in [-0.15, -0.1) is 0 Å². The van der Waals surface area contributed by atoms with Crippen molar-refractivity contribution >= 4 is 47.1 Å². The number of amides is 4. The van der Waals surface area contributed by atoms with Crippen LogP contribution in [0.5, 0.6) is 46.0 Å². The lowest BCUT2D eigenvalue weighted by molar-refractivity contribution is 0.214. The average molecular weight is 1690 g/mol. The van der Waals surface area contributed by atoms with Crippen LogP contribution in [0.4, 0.5) is 41.9 Å². The van der Waals surface area contributed by atoms with Gasteiger partial charge in [-0.25, -0.2) is 19.2 Å². The van der Waals surface area contributed by atoms with Crippen LogP contribution in [-0.4, -0.2) is 50.8 Å². The fourth-order valence-electron chi connectivity index (χ4n) is 16.3. The number of hydrogen-bond donors (Lipinski definition) is 4. The summed E-state index contributed by atoms with van der Waals surface area (Å²) in [5.41, 5.74) is 11.8. The maximum Gasteiger partial charge on any atom is 0.417 e. The molecule has 0 saturated heterocycles. The molecular formula is C108H148N4O12. The number of nitrogens with one attached hydrogen (secondary N) is 4. The van der Waals surface area contributed by atoms with Crippen molar-refractivity contribution in [2.75, 3.05) is 47.7 Å². The van der Waals surface area contributed by atoms with Crippen molar-refractivity contribution in [2.45, 2.75) is 338 Å². The number of carbonyl (C=O) groups excluding carboxylic acids is 4. The summed E-state index contributed by atoms with van der Waals surface area (Å²) in [6, 6.07) is 45.4. The predicted molar refractivity (Wildman–Crippen MR) is 510 cm³/mol. The zero-order chi connectivity index (χ0) is 87.6. The highest BCUT2D eigenvalue weighted by molar-refractivity contribution is 5.89. The topological polar surface area (TPSA) is 190 Å². The van der Waals surface area contributed by atoms with Gasteiger partial charge < -0.3 is 37.9 Å². The fourth-order valence-corrected chi connectivity index (χ4v) is 16.3. The molecular weight excluding hydrogens is 1550 g/mol. The molecule has 16 heteroatoms. The Morgan fingerprint density at radius 3 is 0.516 bits per heavy atom. The van der Waals surface area contributed by atoms with Gasteiger partial charge in [-0.2, -0.15) is 0 Å². The molecule has 1 aliphatic carbocycles. The number of benzene rings is 8. The Morgan fingerprint density at radius 1 is 0.218 bits per heavy atom. The quantitative estimate of drug-likeness (QED) is 0.0264. The van der Waals surface area contributed by atoms with Gasteiger partial charge >= 0.3 is 24.4 Å². The first-order valence-corrected chi connectivity index (χ1v) is 48.0. The number of rotatable bonds is 56. The van der Waals surface area contributed by atoms with E-state index < -0.39 is 24.4 Å². The predicted octanol–water partition coefficient (Wildman–Crippen LogP) is 31.2. The van der Waals surface area contributed by atoms with E-state index in [1.165, 1.54) is 154 Å². The molecule has 8 aromatic rings. The van der Waals surface area contributed by atoms with Gasteiger partial charge in [0.2, 0.25) is 0 Å². The highest BCUT2D eigenvalue weighted by Crippen LogP contribution is 2.45. The second-order valence-electron chi connectivity index (χ2n) is 34.6. The highest BCUT2D eigenvalue weighted by Gasteiger charge is 2.28. The molecule has 0 radical (unpaired) electrons. The number of hydrogen-bond acceptors (Lipinski definition) is 12. The third-order valence-corrected chi connectivity index (χ3v) is 23.4. The Balaban J connectivity index is 1.27. The maximum atomic E-state index is 14.6. The van der Waals surface area contributed by atoms with Gasteiger partial charge in [-0.1, -0.05) is 330 Å². The Bertz CT molecular complexity index is 3790. The maximum absolute atomic E-state index is 14.6. The van der Waals surface area contributed by atoms with E-state index in [-0.39, 0.29) is 48.7 Å². The lowest BCUT2D eigenvalue weighted by Gasteiger charge is -2.25. The van der Waals surface area contributed by atoms with E-state index in [1.54, 1.807) is 0 Å². The molecule has 4 N–H and O–H groups in total. The van der Waals surface area contributed by atoms with E-state index >= 15 is 0 Å². The minimum absolute atomic E-state index is 0.125. The van der Waals surface area contributed by atoms with Gasteiger partial charge in [-0.3, -0.25) is 21.3 Å². The number of anilines is 4. The van der Waals surface area contributed by atoms with Crippen LogP contribution in [0.25, 0.3) is 0 Å². The summed E-state index contributed by atoms with van der Waals surface area (Å²) < 4.78 is 55.7. The molecule has 124 heavy (non-hydrogen) atoms. The van der Waals surface area contributed by atoms with E-state index in [4.69, 9.17) is 37.9 Å². The molecule has 1 aliphatic rings. The van der Waals surface area contributed by atoms with Crippen molar-refractivity contribution in [2.24, 2.45) is 0 Å². The number of aryl methyl sites for hydroxylation is 4. The highest BCUT2D eigenvalue weighted by atomic mass is 16.6. The van der Waals surface area contributed by atoms with E-state index in [9.17, 15) is 19.2 Å². The minimum atomic E-state index is -0.694. The van der Waals surface area contributed by atoms with Crippen LogP contribution in [0.2, 0.25) is 0 Å². The standard InChI is InChI=1S/C108H148N4O12/c1-9-13-17-21-25-29-33-37-41-45-65-117-101-85-69-87-75-98(122-106(114)110-94-59-51-82(6)52-60-94)77-89(102(87)118-66-46-42-38-34-30-26-22-18-14-10-2)71-91-79-100(124-108(116)112-96-63-55-84(8)56-64-96)80-92(104(91)120-68-48-44-40-36-32-28-24-20-16-12-4)72-90-78-99(123-107(115)111-95-61-53-83(7)54-62-95)76-88(103(90)119-67-47-43-39-35-31-27-23-19-15-11-3)70-86(101)74-97(73-85)121-105(113)109-93-57-49-81(5)50-58-93/h49-64,73-80H,9-48,65-72H2,1-8H3,(H,109,113)(H,110,114)(H,111,115)(H,112,116). The molecule has 0 aromatic heterocycles. The Morgan fingerprint density at radius 2 is 0.363 bits per heavy atom. The second kappa shape index (κ2) is 56.8. The molecule has 0 aliphatic heterocycles. The number of fused-ring (bicyclic) bond motifs is 8. The van der Waals surface area contributed by atoms with Gasteiger partial charge in [0.1, 0.15) is 46.0 Å². The van der Waals surface area contributed by atoms with Gasteiger partial charge in [0.25, 0.3) is 0 Å². The SMILES string of the molecule is CCCCCCCCCCCCOc1c2cc(OC(=O)Nc3ccc(C)cc3)cc1Cc1cc(OC(=O)Nc3ccc(C)cc3)cc(c1OCCCCCCCCCCCC)Cc1cc(OC(=O)Nc3ccc(C)cc3)cc(c1OCCCCCCCCCCCC)Cc1cc(OC(=O)Nc3ccc(C)cc3)cc(c1OCCCCCCCCCCCC)C2. The molecule has 9 rings (SSSR count). The van der Waals surface area contributed by atoms with E-state index in [2.05, 4.69) is 49.0 Å². The van der Waals surface area contributed by atoms with Crippen molar-refractivity contribution in [3.05, 3.63) is 212 Å². The molecule has 0 heterocycles. The largest absolute Gasteiger partial charge is 0.493 e. The summed E-state index contributed by atoms with van der Waals surface area (Å²) in [5, 5.41) is 12.0. The molecule has 4 amide bonds. The summed E-state index contributed by atoms with van der Waals surface area (Å²) in [5.74, 6) is 3.28. The zero-order valence-electron chi connectivity index (χ0n) is 76.7. The van der Waals surface area contributed by atoms with Crippen molar-refractivity contribution in [3.63, 3.8) is 0 Å². The van der Waals surface area contributed by atoms with Crippen molar-refractivity contribution < 1.29 is 57.1 Å². The zero-order valence-corrected chi connectivity index (χ0v) is 76.7. The lowest BCUT2D eigenvalue weighted by Crippen LogP contribution is -2.18. The second-order valence-corrected chi connectivity index (χ2v) is 34.6. The Hall–Kier alpha value is -9.96.